The van der Waals surface area contributed by atoms with Crippen LogP contribution in [0.1, 0.15) is 18.9 Å². The number of nitrogen functional groups attached to an aromatic ring is 1. The molecule has 2 rings (SSSR count). The third kappa shape index (κ3) is 2.76. The summed E-state index contributed by atoms with van der Waals surface area (Å²) in [5.74, 6) is -0.297. The van der Waals surface area contributed by atoms with E-state index in [1.165, 1.54) is 7.11 Å². The lowest BCUT2D eigenvalue weighted by atomic mass is 9.90. The summed E-state index contributed by atoms with van der Waals surface area (Å²) in [6, 6.07) is 7.61. The second-order valence-electron chi connectivity index (χ2n) is 4.35. The molecule has 2 N–H and O–H groups in total. The Balaban J connectivity index is 2.39. The number of rotatable bonds is 2. The Kier molecular flexibility index (Phi) is 3.85. The molecular formula is C16H17NO2. The van der Waals surface area contributed by atoms with Crippen LogP contribution in [0.5, 0.6) is 0 Å². The molecule has 0 fully saturated rings. The molecule has 1 aliphatic carbocycles. The van der Waals surface area contributed by atoms with Crippen molar-refractivity contribution in [1.82, 2.24) is 0 Å². The minimum absolute atomic E-state index is 0.297. The van der Waals surface area contributed by atoms with E-state index in [1.807, 2.05) is 43.3 Å². The lowest BCUT2D eigenvalue weighted by molar-refractivity contribution is -0.135. The van der Waals surface area contributed by atoms with Crippen LogP contribution in [-0.4, -0.2) is 13.1 Å². The van der Waals surface area contributed by atoms with Crippen LogP contribution in [0.3, 0.4) is 0 Å². The molecule has 0 saturated carbocycles. The third-order valence-corrected chi connectivity index (χ3v) is 3.19. The molecule has 1 aromatic carbocycles. The highest BCUT2D eigenvalue weighted by atomic mass is 16.5. The number of benzene rings is 1. The van der Waals surface area contributed by atoms with Crippen molar-refractivity contribution < 1.29 is 9.53 Å². The van der Waals surface area contributed by atoms with E-state index in [9.17, 15) is 4.79 Å². The Bertz CT molecular complexity index is 577. The van der Waals surface area contributed by atoms with Crippen LogP contribution in [0.25, 0.3) is 5.57 Å². The maximum Gasteiger partial charge on any atom is 0.338 e. The van der Waals surface area contributed by atoms with Crippen LogP contribution in [0, 0.1) is 0 Å². The topological polar surface area (TPSA) is 52.3 Å². The summed E-state index contributed by atoms with van der Waals surface area (Å²) >= 11 is 0. The van der Waals surface area contributed by atoms with Crippen molar-refractivity contribution in [3.63, 3.8) is 0 Å². The van der Waals surface area contributed by atoms with E-state index >= 15 is 0 Å². The molecule has 0 aliphatic heterocycles. The molecule has 0 radical (unpaired) electrons. The van der Waals surface area contributed by atoms with Crippen molar-refractivity contribution in [2.75, 3.05) is 12.8 Å². The molecule has 0 atom stereocenters. The molecule has 0 heterocycles. The van der Waals surface area contributed by atoms with E-state index < -0.39 is 0 Å². The van der Waals surface area contributed by atoms with Crippen molar-refractivity contribution in [2.45, 2.75) is 13.3 Å². The Morgan fingerprint density at radius 1 is 1.32 bits per heavy atom. The summed E-state index contributed by atoms with van der Waals surface area (Å²) in [7, 11) is 1.40. The predicted octanol–water partition coefficient (Wildman–Crippen LogP) is 3.10. The average molecular weight is 255 g/mol. The van der Waals surface area contributed by atoms with Crippen LogP contribution >= 0.6 is 0 Å². The standard InChI is InChI=1S/C16H17NO2/c1-3-11-4-5-13(10-15(11)16(18)19-2)12-6-8-14(17)9-7-12/h3,5-10H,4,17H2,1-2H3. The normalized spacial score (nSPS) is 16.8. The van der Waals surface area contributed by atoms with Gasteiger partial charge < -0.3 is 10.5 Å². The van der Waals surface area contributed by atoms with E-state index in [4.69, 9.17) is 10.5 Å². The van der Waals surface area contributed by atoms with Crippen molar-refractivity contribution in [1.29, 1.82) is 0 Å². The van der Waals surface area contributed by atoms with Crippen LogP contribution in [0.2, 0.25) is 0 Å². The number of allylic oxidation sites excluding steroid dienone is 4. The van der Waals surface area contributed by atoms with Gasteiger partial charge in [-0.15, -0.1) is 0 Å². The molecule has 1 aliphatic rings. The van der Waals surface area contributed by atoms with Gasteiger partial charge >= 0.3 is 5.97 Å². The molecule has 0 amide bonds. The van der Waals surface area contributed by atoms with Gasteiger partial charge in [-0.25, -0.2) is 4.79 Å². The number of ether oxygens (including phenoxy) is 1. The van der Waals surface area contributed by atoms with Gasteiger partial charge in [-0.1, -0.05) is 24.3 Å². The summed E-state index contributed by atoms with van der Waals surface area (Å²) in [4.78, 5) is 11.8. The number of methoxy groups -OCH3 is 1. The largest absolute Gasteiger partial charge is 0.465 e. The Labute approximate surface area is 113 Å². The first kappa shape index (κ1) is 13.1. The lowest BCUT2D eigenvalue weighted by Gasteiger charge is -2.16. The van der Waals surface area contributed by atoms with Crippen molar-refractivity contribution >= 4 is 17.2 Å². The quantitative estimate of drug-likeness (QED) is 0.652. The molecule has 0 spiro atoms. The Hall–Kier alpha value is -2.29. The highest BCUT2D eigenvalue weighted by molar-refractivity contribution is 5.98. The summed E-state index contributed by atoms with van der Waals surface area (Å²) < 4.78 is 4.83. The zero-order valence-electron chi connectivity index (χ0n) is 11.1. The highest BCUT2D eigenvalue weighted by Crippen LogP contribution is 2.29. The van der Waals surface area contributed by atoms with Gasteiger partial charge in [-0.2, -0.15) is 0 Å². The smallest absolute Gasteiger partial charge is 0.338 e. The highest BCUT2D eigenvalue weighted by Gasteiger charge is 2.18. The fraction of sp³-hybridized carbons (Fsp3) is 0.188. The fourth-order valence-electron chi connectivity index (χ4n) is 2.09. The second kappa shape index (κ2) is 5.57. The summed E-state index contributed by atoms with van der Waals surface area (Å²) in [5.41, 5.74) is 10.1. The minimum Gasteiger partial charge on any atom is -0.465 e. The average Bonchev–Trinajstić information content (AvgIpc) is 2.46. The molecule has 1 aromatic rings. The fourth-order valence-corrected chi connectivity index (χ4v) is 2.09. The number of nitrogens with two attached hydrogens (primary N) is 1. The van der Waals surface area contributed by atoms with Gasteiger partial charge in [0.05, 0.1) is 12.7 Å². The maximum absolute atomic E-state index is 11.8. The number of anilines is 1. The number of hydrogen-bond donors (Lipinski definition) is 1. The van der Waals surface area contributed by atoms with Crippen molar-refractivity contribution in [2.24, 2.45) is 0 Å². The zero-order chi connectivity index (χ0) is 13.8. The van der Waals surface area contributed by atoms with Gasteiger partial charge in [-0.3, -0.25) is 0 Å². The lowest BCUT2D eigenvalue weighted by Crippen LogP contribution is -2.09. The molecule has 0 unspecified atom stereocenters. The monoisotopic (exact) mass is 255 g/mol. The SMILES string of the molecule is CC=C1CC=C(c2ccc(N)cc2)C=C1C(=O)OC. The van der Waals surface area contributed by atoms with E-state index in [0.717, 1.165) is 28.8 Å². The van der Waals surface area contributed by atoms with Crippen LogP contribution < -0.4 is 5.73 Å². The predicted molar refractivity (Wildman–Crippen MR) is 77.3 cm³/mol. The second-order valence-corrected chi connectivity index (χ2v) is 4.35. The van der Waals surface area contributed by atoms with Gasteiger partial charge in [0.15, 0.2) is 0 Å². The van der Waals surface area contributed by atoms with E-state index in [0.29, 0.717) is 5.57 Å². The van der Waals surface area contributed by atoms with E-state index in [1.54, 1.807) is 0 Å². The molecule has 19 heavy (non-hydrogen) atoms. The number of carbonyl (C=O) groups excluding carboxylic acids is 1. The first-order chi connectivity index (χ1) is 9.15. The van der Waals surface area contributed by atoms with E-state index in [-0.39, 0.29) is 5.97 Å². The molecule has 0 saturated heterocycles. The molecule has 98 valence electrons. The maximum atomic E-state index is 11.8. The minimum atomic E-state index is -0.297. The van der Waals surface area contributed by atoms with E-state index in [2.05, 4.69) is 6.08 Å². The van der Waals surface area contributed by atoms with Gasteiger partial charge in [0.1, 0.15) is 0 Å². The summed E-state index contributed by atoms with van der Waals surface area (Å²) in [6.07, 6.45) is 6.65. The molecule has 0 bridgehead atoms. The van der Waals surface area contributed by atoms with Crippen LogP contribution in [0.4, 0.5) is 5.69 Å². The number of carbonyl (C=O) groups is 1. The number of esters is 1. The summed E-state index contributed by atoms with van der Waals surface area (Å²) in [6.45, 7) is 1.92. The van der Waals surface area contributed by atoms with Crippen molar-refractivity contribution in [3.05, 3.63) is 59.2 Å². The first-order valence-electron chi connectivity index (χ1n) is 6.17. The Morgan fingerprint density at radius 2 is 2.00 bits per heavy atom. The Morgan fingerprint density at radius 3 is 2.58 bits per heavy atom. The third-order valence-electron chi connectivity index (χ3n) is 3.19. The van der Waals surface area contributed by atoms with Crippen LogP contribution in [-0.2, 0) is 9.53 Å². The van der Waals surface area contributed by atoms with Gasteiger partial charge in [0.2, 0.25) is 0 Å². The number of hydrogen-bond acceptors (Lipinski definition) is 3. The van der Waals surface area contributed by atoms with Gasteiger partial charge in [0.25, 0.3) is 0 Å². The molecular weight excluding hydrogens is 238 g/mol. The zero-order valence-corrected chi connectivity index (χ0v) is 11.1. The first-order valence-corrected chi connectivity index (χ1v) is 6.17. The van der Waals surface area contributed by atoms with Gasteiger partial charge in [-0.05, 0) is 48.3 Å². The molecule has 3 heteroatoms. The van der Waals surface area contributed by atoms with Gasteiger partial charge in [0, 0.05) is 5.69 Å². The summed E-state index contributed by atoms with van der Waals surface area (Å²) in [5, 5.41) is 0. The van der Waals surface area contributed by atoms with Crippen LogP contribution in [0.15, 0.2) is 53.6 Å². The van der Waals surface area contributed by atoms with Crippen molar-refractivity contribution in [3.8, 4) is 0 Å². The molecule has 0 aromatic heterocycles. The molecule has 3 nitrogen and oxygen atoms in total.